The summed E-state index contributed by atoms with van der Waals surface area (Å²) in [6, 6.07) is 0. The predicted octanol–water partition coefficient (Wildman–Crippen LogP) is 6.50. The van der Waals surface area contributed by atoms with Crippen molar-refractivity contribution in [2.75, 3.05) is 19.8 Å². The van der Waals surface area contributed by atoms with Crippen molar-refractivity contribution < 1.29 is 28.5 Å². The lowest BCUT2D eigenvalue weighted by molar-refractivity contribution is 0.0123. The van der Waals surface area contributed by atoms with Crippen molar-refractivity contribution in [2.45, 2.75) is 98.5 Å². The predicted molar refractivity (Wildman–Crippen MR) is 110 cm³/mol. The van der Waals surface area contributed by atoms with Crippen LogP contribution in [0.4, 0.5) is 9.59 Å². The van der Waals surface area contributed by atoms with Crippen LogP contribution in [0.1, 0.15) is 92.4 Å². The number of carbonyl (C=O) groups excluding carboxylic acids is 2. The van der Waals surface area contributed by atoms with Crippen LogP contribution in [0.3, 0.4) is 0 Å². The van der Waals surface area contributed by atoms with Crippen molar-refractivity contribution in [2.24, 2.45) is 11.8 Å². The van der Waals surface area contributed by atoms with Gasteiger partial charge in [-0.15, -0.1) is 0 Å². The Morgan fingerprint density at radius 1 is 0.643 bits per heavy atom. The van der Waals surface area contributed by atoms with Gasteiger partial charge in [0.25, 0.3) is 0 Å². The Kier molecular flexibility index (Phi) is 16.7. The van der Waals surface area contributed by atoms with Crippen LogP contribution in [0.25, 0.3) is 0 Å². The maximum atomic E-state index is 11.6. The lowest BCUT2D eigenvalue weighted by Crippen LogP contribution is -2.20. The van der Waals surface area contributed by atoms with Crippen molar-refractivity contribution in [1.29, 1.82) is 0 Å². The van der Waals surface area contributed by atoms with E-state index in [0.29, 0.717) is 38.4 Å². The maximum absolute atomic E-state index is 11.6. The lowest BCUT2D eigenvalue weighted by atomic mass is 10.0. The van der Waals surface area contributed by atoms with Crippen LogP contribution in [0.2, 0.25) is 0 Å². The first-order valence-electron chi connectivity index (χ1n) is 11.0. The largest absolute Gasteiger partial charge is 0.508 e. The number of unbranched alkanes of at least 4 members (excludes halogenated alkanes) is 3. The number of ether oxygens (including phenoxy) is 4. The van der Waals surface area contributed by atoms with E-state index in [1.54, 1.807) is 0 Å². The molecule has 0 rings (SSSR count). The summed E-state index contributed by atoms with van der Waals surface area (Å²) in [5.74, 6) is 1.23. The van der Waals surface area contributed by atoms with E-state index in [9.17, 15) is 9.59 Å². The molecule has 0 N–H and O–H groups in total. The van der Waals surface area contributed by atoms with Crippen LogP contribution < -0.4 is 0 Å². The molecule has 0 amide bonds. The van der Waals surface area contributed by atoms with Gasteiger partial charge in [0.1, 0.15) is 6.10 Å². The van der Waals surface area contributed by atoms with E-state index in [4.69, 9.17) is 18.9 Å². The highest BCUT2D eigenvalue weighted by atomic mass is 16.7. The highest BCUT2D eigenvalue weighted by molar-refractivity contribution is 5.60. The van der Waals surface area contributed by atoms with Crippen molar-refractivity contribution in [3.05, 3.63) is 0 Å². The van der Waals surface area contributed by atoms with Gasteiger partial charge in [0, 0.05) is 0 Å². The normalized spacial score (nSPS) is 12.1. The van der Waals surface area contributed by atoms with E-state index >= 15 is 0 Å². The molecule has 0 aliphatic heterocycles. The molecular weight excluding hydrogens is 360 g/mol. The van der Waals surface area contributed by atoms with E-state index in [1.807, 2.05) is 6.92 Å². The van der Waals surface area contributed by atoms with Crippen LogP contribution in [0.5, 0.6) is 0 Å². The van der Waals surface area contributed by atoms with E-state index in [-0.39, 0.29) is 12.7 Å². The average Bonchev–Trinajstić information content (AvgIpc) is 2.62. The Bertz CT molecular complexity index is 394. The van der Waals surface area contributed by atoms with Gasteiger partial charge in [0.2, 0.25) is 0 Å². The highest BCUT2D eigenvalue weighted by Crippen LogP contribution is 2.11. The summed E-state index contributed by atoms with van der Waals surface area (Å²) in [6.07, 6.45) is 6.88. The molecule has 28 heavy (non-hydrogen) atoms. The van der Waals surface area contributed by atoms with Crippen LogP contribution in [0.15, 0.2) is 0 Å². The third-order valence-corrected chi connectivity index (χ3v) is 4.42. The summed E-state index contributed by atoms with van der Waals surface area (Å²) in [4.78, 5) is 23.2. The second-order valence-electron chi connectivity index (χ2n) is 8.11. The Balaban J connectivity index is 3.63. The minimum atomic E-state index is -0.624. The SMILES string of the molecule is CCC(CCCOC(=O)OCCCCCCC(C)C)OC(=O)OCCC(C)C. The first-order chi connectivity index (χ1) is 13.3. The fraction of sp³-hybridized carbons (Fsp3) is 0.909. The highest BCUT2D eigenvalue weighted by Gasteiger charge is 2.14. The van der Waals surface area contributed by atoms with Gasteiger partial charge in [0.15, 0.2) is 0 Å². The van der Waals surface area contributed by atoms with E-state index in [0.717, 1.165) is 25.2 Å². The molecular formula is C22H42O6. The van der Waals surface area contributed by atoms with Gasteiger partial charge in [0.05, 0.1) is 19.8 Å². The van der Waals surface area contributed by atoms with Crippen LogP contribution in [0, 0.1) is 11.8 Å². The fourth-order valence-electron chi connectivity index (χ4n) is 2.57. The van der Waals surface area contributed by atoms with E-state index in [2.05, 4.69) is 27.7 Å². The molecule has 0 aromatic heterocycles. The van der Waals surface area contributed by atoms with Crippen LogP contribution >= 0.6 is 0 Å². The van der Waals surface area contributed by atoms with Gasteiger partial charge in [-0.2, -0.15) is 0 Å². The first kappa shape index (κ1) is 26.5. The topological polar surface area (TPSA) is 71.1 Å². The minimum absolute atomic E-state index is 0.225. The second kappa shape index (κ2) is 17.6. The summed E-state index contributed by atoms with van der Waals surface area (Å²) >= 11 is 0. The molecule has 0 saturated carbocycles. The van der Waals surface area contributed by atoms with E-state index in [1.165, 1.54) is 19.3 Å². The summed E-state index contributed by atoms with van der Waals surface area (Å²) in [7, 11) is 0. The molecule has 0 radical (unpaired) electrons. The number of hydrogen-bond acceptors (Lipinski definition) is 6. The average molecular weight is 403 g/mol. The third-order valence-electron chi connectivity index (χ3n) is 4.42. The molecule has 0 spiro atoms. The number of hydrogen-bond donors (Lipinski definition) is 0. The van der Waals surface area contributed by atoms with Crippen LogP contribution in [-0.4, -0.2) is 38.2 Å². The summed E-state index contributed by atoms with van der Waals surface area (Å²) in [6.45, 7) is 11.6. The molecule has 1 atom stereocenters. The minimum Gasteiger partial charge on any atom is -0.434 e. The standard InChI is InChI=1S/C22H42O6/c1-6-20(28-22(24)27-17-14-19(4)5)13-11-16-26-21(23)25-15-10-8-7-9-12-18(2)3/h18-20H,6-17H2,1-5H3. The Morgan fingerprint density at radius 2 is 1.21 bits per heavy atom. The summed E-state index contributed by atoms with van der Waals surface area (Å²) in [5.41, 5.74) is 0. The number of rotatable bonds is 16. The molecule has 0 heterocycles. The zero-order valence-corrected chi connectivity index (χ0v) is 18.7. The molecule has 6 heteroatoms. The third kappa shape index (κ3) is 17.9. The van der Waals surface area contributed by atoms with Crippen molar-refractivity contribution in [3.63, 3.8) is 0 Å². The first-order valence-corrected chi connectivity index (χ1v) is 11.0. The Hall–Kier alpha value is -1.46. The summed E-state index contributed by atoms with van der Waals surface area (Å²) in [5, 5.41) is 0. The van der Waals surface area contributed by atoms with Crippen LogP contribution in [-0.2, 0) is 18.9 Å². The van der Waals surface area contributed by atoms with Gasteiger partial charge >= 0.3 is 12.3 Å². The molecule has 6 nitrogen and oxygen atoms in total. The zero-order valence-electron chi connectivity index (χ0n) is 18.7. The van der Waals surface area contributed by atoms with Gasteiger partial charge in [-0.05, 0) is 43.9 Å². The van der Waals surface area contributed by atoms with E-state index < -0.39 is 12.3 Å². The lowest BCUT2D eigenvalue weighted by Gasteiger charge is -2.16. The molecule has 0 aliphatic carbocycles. The fourth-order valence-corrected chi connectivity index (χ4v) is 2.57. The molecule has 0 aromatic rings. The smallest absolute Gasteiger partial charge is 0.434 e. The van der Waals surface area contributed by atoms with Gasteiger partial charge < -0.3 is 18.9 Å². The molecule has 1 unspecified atom stereocenters. The van der Waals surface area contributed by atoms with Gasteiger partial charge in [-0.1, -0.05) is 60.3 Å². The van der Waals surface area contributed by atoms with Gasteiger partial charge in [-0.3, -0.25) is 0 Å². The Morgan fingerprint density at radius 3 is 1.82 bits per heavy atom. The summed E-state index contributed by atoms with van der Waals surface area (Å²) < 4.78 is 20.5. The Labute approximate surface area is 171 Å². The quantitative estimate of drug-likeness (QED) is 0.217. The van der Waals surface area contributed by atoms with Crippen molar-refractivity contribution in [3.8, 4) is 0 Å². The molecule has 0 saturated heterocycles. The zero-order chi connectivity index (χ0) is 21.2. The van der Waals surface area contributed by atoms with Gasteiger partial charge in [-0.25, -0.2) is 9.59 Å². The monoisotopic (exact) mass is 402 g/mol. The maximum Gasteiger partial charge on any atom is 0.508 e. The molecule has 166 valence electrons. The molecule has 0 fully saturated rings. The van der Waals surface area contributed by atoms with Crippen molar-refractivity contribution >= 4 is 12.3 Å². The molecule has 0 aliphatic rings. The molecule has 0 aromatic carbocycles. The number of carbonyl (C=O) groups is 2. The van der Waals surface area contributed by atoms with Crippen molar-refractivity contribution in [1.82, 2.24) is 0 Å². The second-order valence-corrected chi connectivity index (χ2v) is 8.11. The molecule has 0 bridgehead atoms.